The summed E-state index contributed by atoms with van der Waals surface area (Å²) in [5.74, 6) is 0.288. The number of fused-ring (bicyclic) bond motifs is 2. The minimum Gasteiger partial charge on any atom is -0.464 e. The molecule has 1 aromatic heterocycles. The van der Waals surface area contributed by atoms with Crippen molar-refractivity contribution in [2.45, 2.75) is 13.3 Å². The molecule has 0 saturated carbocycles. The van der Waals surface area contributed by atoms with E-state index in [0.29, 0.717) is 5.75 Å². The Hall–Kier alpha value is -3.07. The topological polar surface area (TPSA) is 39.4 Å². The molecule has 3 heteroatoms. The second kappa shape index (κ2) is 5.85. The predicted molar refractivity (Wildman–Crippen MR) is 94.2 cm³/mol. The van der Waals surface area contributed by atoms with Gasteiger partial charge in [-0.05, 0) is 30.0 Å². The van der Waals surface area contributed by atoms with Gasteiger partial charge in [0.15, 0.2) is 0 Å². The van der Waals surface area contributed by atoms with Gasteiger partial charge in [-0.1, -0.05) is 48.5 Å². The van der Waals surface area contributed by atoms with Crippen molar-refractivity contribution >= 4 is 27.7 Å². The minimum absolute atomic E-state index is 0.180. The molecule has 0 atom stereocenters. The van der Waals surface area contributed by atoms with Gasteiger partial charge in [-0.3, -0.25) is 4.79 Å². The molecule has 3 nitrogen and oxygen atoms in total. The highest BCUT2D eigenvalue weighted by atomic mass is 16.5. The molecule has 0 aliphatic heterocycles. The van der Waals surface area contributed by atoms with E-state index >= 15 is 0 Å². The van der Waals surface area contributed by atoms with Gasteiger partial charge < -0.3 is 9.15 Å². The van der Waals surface area contributed by atoms with Crippen LogP contribution in [-0.4, -0.2) is 5.97 Å². The molecule has 24 heavy (non-hydrogen) atoms. The zero-order chi connectivity index (χ0) is 16.5. The summed E-state index contributed by atoms with van der Waals surface area (Å²) in [7, 11) is 0. The Labute approximate surface area is 139 Å². The standard InChI is InChI=1S/C21H16O3/c1-14-9-10-18-16(13-23-20(18)11-14)12-21(22)24-19-8-4-6-15-5-2-3-7-17(15)19/h2-11,13H,12H2,1H3. The highest BCUT2D eigenvalue weighted by molar-refractivity contribution is 5.91. The maximum atomic E-state index is 12.4. The summed E-state index contributed by atoms with van der Waals surface area (Å²) < 4.78 is 11.1. The number of ether oxygens (including phenoxy) is 1. The fourth-order valence-electron chi connectivity index (χ4n) is 2.93. The summed E-state index contributed by atoms with van der Waals surface area (Å²) in [6.45, 7) is 2.01. The van der Waals surface area contributed by atoms with Gasteiger partial charge in [0.05, 0.1) is 12.7 Å². The third kappa shape index (κ3) is 2.65. The lowest BCUT2D eigenvalue weighted by Crippen LogP contribution is -2.11. The molecule has 0 aliphatic rings. The Morgan fingerprint density at radius 1 is 1.00 bits per heavy atom. The van der Waals surface area contributed by atoms with Crippen molar-refractivity contribution < 1.29 is 13.9 Å². The summed E-state index contributed by atoms with van der Waals surface area (Å²) in [6, 6.07) is 19.5. The van der Waals surface area contributed by atoms with Crippen LogP contribution in [0.2, 0.25) is 0 Å². The van der Waals surface area contributed by atoms with Crippen molar-refractivity contribution in [1.82, 2.24) is 0 Å². The van der Waals surface area contributed by atoms with Gasteiger partial charge >= 0.3 is 5.97 Å². The Morgan fingerprint density at radius 3 is 2.75 bits per heavy atom. The molecule has 0 saturated heterocycles. The number of hydrogen-bond acceptors (Lipinski definition) is 3. The van der Waals surface area contributed by atoms with E-state index < -0.39 is 0 Å². The van der Waals surface area contributed by atoms with Crippen LogP contribution in [0.1, 0.15) is 11.1 Å². The van der Waals surface area contributed by atoms with Crippen molar-refractivity contribution in [2.24, 2.45) is 0 Å². The van der Waals surface area contributed by atoms with E-state index in [9.17, 15) is 4.79 Å². The van der Waals surface area contributed by atoms with E-state index in [4.69, 9.17) is 9.15 Å². The van der Waals surface area contributed by atoms with E-state index in [1.54, 1.807) is 6.26 Å². The summed E-state index contributed by atoms with van der Waals surface area (Å²) in [5, 5.41) is 2.93. The number of benzene rings is 3. The van der Waals surface area contributed by atoms with Gasteiger partial charge in [0.2, 0.25) is 0 Å². The highest BCUT2D eigenvalue weighted by Crippen LogP contribution is 2.27. The third-order valence-corrected chi connectivity index (χ3v) is 4.12. The normalized spacial score (nSPS) is 11.0. The molecule has 1 heterocycles. The lowest BCUT2D eigenvalue weighted by Gasteiger charge is -2.07. The average Bonchev–Trinajstić information content (AvgIpc) is 2.97. The number of aryl methyl sites for hydroxylation is 1. The largest absolute Gasteiger partial charge is 0.464 e. The number of carbonyl (C=O) groups excluding carboxylic acids is 1. The van der Waals surface area contributed by atoms with Crippen molar-refractivity contribution in [3.8, 4) is 5.75 Å². The van der Waals surface area contributed by atoms with Crippen LogP contribution in [0, 0.1) is 6.92 Å². The van der Waals surface area contributed by atoms with Crippen LogP contribution >= 0.6 is 0 Å². The number of esters is 1. The summed E-state index contributed by atoms with van der Waals surface area (Å²) in [4.78, 5) is 12.4. The van der Waals surface area contributed by atoms with Crippen molar-refractivity contribution in [1.29, 1.82) is 0 Å². The summed E-state index contributed by atoms with van der Waals surface area (Å²) in [6.07, 6.45) is 1.81. The van der Waals surface area contributed by atoms with Crippen molar-refractivity contribution in [3.63, 3.8) is 0 Å². The molecule has 0 fully saturated rings. The van der Waals surface area contributed by atoms with E-state index in [1.165, 1.54) is 0 Å². The molecule has 0 N–H and O–H groups in total. The fourth-order valence-corrected chi connectivity index (χ4v) is 2.93. The smallest absolute Gasteiger partial charge is 0.315 e. The van der Waals surface area contributed by atoms with Crippen molar-refractivity contribution in [3.05, 3.63) is 78.1 Å². The second-order valence-electron chi connectivity index (χ2n) is 5.89. The van der Waals surface area contributed by atoms with Gasteiger partial charge in [-0.15, -0.1) is 0 Å². The van der Waals surface area contributed by atoms with E-state index in [2.05, 4.69) is 0 Å². The first kappa shape index (κ1) is 14.5. The maximum Gasteiger partial charge on any atom is 0.315 e. The number of furan rings is 1. The second-order valence-corrected chi connectivity index (χ2v) is 5.89. The van der Waals surface area contributed by atoms with Crippen LogP contribution in [0.5, 0.6) is 5.75 Å². The Balaban J connectivity index is 1.60. The monoisotopic (exact) mass is 316 g/mol. The average molecular weight is 316 g/mol. The molecule has 0 spiro atoms. The Morgan fingerprint density at radius 2 is 1.83 bits per heavy atom. The zero-order valence-corrected chi connectivity index (χ0v) is 13.3. The molecular formula is C21H16O3. The number of rotatable bonds is 3. The van der Waals surface area contributed by atoms with Crippen LogP contribution in [0.4, 0.5) is 0 Å². The maximum absolute atomic E-state index is 12.4. The van der Waals surface area contributed by atoms with Gasteiger partial charge in [-0.25, -0.2) is 0 Å². The molecule has 0 unspecified atom stereocenters. The Kier molecular flexibility index (Phi) is 3.54. The lowest BCUT2D eigenvalue weighted by atomic mass is 10.1. The molecule has 3 aromatic carbocycles. The fraction of sp³-hybridized carbons (Fsp3) is 0.0952. The van der Waals surface area contributed by atoms with Crippen molar-refractivity contribution in [2.75, 3.05) is 0 Å². The lowest BCUT2D eigenvalue weighted by molar-refractivity contribution is -0.133. The molecular weight excluding hydrogens is 300 g/mol. The van der Waals surface area contributed by atoms with Crippen LogP contribution in [0.15, 0.2) is 71.3 Å². The quantitative estimate of drug-likeness (QED) is 0.392. The third-order valence-electron chi connectivity index (χ3n) is 4.12. The predicted octanol–water partition coefficient (Wildman–Crippen LogP) is 5.04. The highest BCUT2D eigenvalue weighted by Gasteiger charge is 2.13. The van der Waals surface area contributed by atoms with E-state index in [1.807, 2.05) is 67.6 Å². The Bertz CT molecular complexity index is 1040. The van der Waals surface area contributed by atoms with E-state index in [0.717, 1.165) is 32.9 Å². The first-order chi connectivity index (χ1) is 11.7. The van der Waals surface area contributed by atoms with Gasteiger partial charge in [-0.2, -0.15) is 0 Å². The first-order valence-electron chi connectivity index (χ1n) is 7.86. The summed E-state index contributed by atoms with van der Waals surface area (Å²) in [5.41, 5.74) is 2.76. The zero-order valence-electron chi connectivity index (χ0n) is 13.3. The minimum atomic E-state index is -0.297. The number of hydrogen-bond donors (Lipinski definition) is 0. The van der Waals surface area contributed by atoms with Crippen LogP contribution in [-0.2, 0) is 11.2 Å². The molecule has 0 bridgehead atoms. The summed E-state index contributed by atoms with van der Waals surface area (Å²) >= 11 is 0. The van der Waals surface area contributed by atoms with Crippen LogP contribution < -0.4 is 4.74 Å². The van der Waals surface area contributed by atoms with Crippen LogP contribution in [0.25, 0.3) is 21.7 Å². The molecule has 0 aliphatic carbocycles. The molecule has 4 rings (SSSR count). The molecule has 4 aromatic rings. The molecule has 0 amide bonds. The molecule has 118 valence electrons. The molecule has 0 radical (unpaired) electrons. The van der Waals surface area contributed by atoms with Gasteiger partial charge in [0.1, 0.15) is 11.3 Å². The van der Waals surface area contributed by atoms with Gasteiger partial charge in [0, 0.05) is 16.3 Å². The van der Waals surface area contributed by atoms with Gasteiger partial charge in [0.25, 0.3) is 0 Å². The van der Waals surface area contributed by atoms with Crippen LogP contribution in [0.3, 0.4) is 0 Å². The number of carbonyl (C=O) groups is 1. The van der Waals surface area contributed by atoms with E-state index in [-0.39, 0.29) is 12.4 Å². The first-order valence-corrected chi connectivity index (χ1v) is 7.86. The SMILES string of the molecule is Cc1ccc2c(CC(=O)Oc3cccc4ccccc34)coc2c1.